The molecule has 1 aromatic heterocycles. The Morgan fingerprint density at radius 1 is 1.19 bits per heavy atom. The van der Waals surface area contributed by atoms with Crippen molar-refractivity contribution in [1.82, 2.24) is 10.2 Å². The van der Waals surface area contributed by atoms with Crippen LogP contribution in [0.5, 0.6) is 5.75 Å². The second-order valence-electron chi connectivity index (χ2n) is 5.71. The molecule has 26 heavy (non-hydrogen) atoms. The molecular weight excluding hydrogens is 353 g/mol. The summed E-state index contributed by atoms with van der Waals surface area (Å²) in [5, 5.41) is 11.9. The molecule has 1 amide bonds. The number of hydrogen-bond acceptors (Lipinski definition) is 5. The van der Waals surface area contributed by atoms with Gasteiger partial charge in [-0.2, -0.15) is 0 Å². The van der Waals surface area contributed by atoms with E-state index in [1.165, 1.54) is 23.5 Å². The highest BCUT2D eigenvalue weighted by molar-refractivity contribution is 7.18. The van der Waals surface area contributed by atoms with E-state index in [4.69, 9.17) is 4.74 Å². The predicted octanol–water partition coefficient (Wildman–Crippen LogP) is 4.45. The third-order valence-electron chi connectivity index (χ3n) is 3.72. The Bertz CT molecular complexity index is 896. The molecule has 0 fully saturated rings. The van der Waals surface area contributed by atoms with E-state index in [9.17, 15) is 9.18 Å². The lowest BCUT2D eigenvalue weighted by molar-refractivity contribution is -0.122. The van der Waals surface area contributed by atoms with Crippen LogP contribution in [0.4, 0.5) is 9.52 Å². The molecule has 5 nitrogen and oxygen atoms in total. The van der Waals surface area contributed by atoms with Gasteiger partial charge in [-0.15, -0.1) is 10.2 Å². The van der Waals surface area contributed by atoms with Gasteiger partial charge < -0.3 is 4.74 Å². The van der Waals surface area contributed by atoms with Gasteiger partial charge in [0.05, 0.1) is 0 Å². The van der Waals surface area contributed by atoms with Gasteiger partial charge in [-0.05, 0) is 25.5 Å². The summed E-state index contributed by atoms with van der Waals surface area (Å²) in [6, 6.07) is 13.9. The van der Waals surface area contributed by atoms with Crippen LogP contribution in [0.25, 0.3) is 10.6 Å². The van der Waals surface area contributed by atoms with E-state index in [1.807, 2.05) is 31.2 Å². The maximum Gasteiger partial charge on any atom is 0.267 e. The third kappa shape index (κ3) is 4.23. The van der Waals surface area contributed by atoms with Gasteiger partial charge in [0.15, 0.2) is 17.7 Å². The van der Waals surface area contributed by atoms with Crippen LogP contribution < -0.4 is 10.1 Å². The standard InChI is InChI=1S/C19H18FN3O2S/c1-3-15(25-16-7-5-4-6-14(16)20)17(24)21-19-23-22-18(26-19)13-10-8-12(2)9-11-13/h4-11,15H,3H2,1-2H3,(H,21,23,24)/t15-/m1/s1. The Kier molecular flexibility index (Phi) is 5.58. The number of aromatic nitrogens is 2. The SMILES string of the molecule is CC[C@@H](Oc1ccccc1F)C(=O)Nc1nnc(-c2ccc(C)cc2)s1. The summed E-state index contributed by atoms with van der Waals surface area (Å²) in [7, 11) is 0. The summed E-state index contributed by atoms with van der Waals surface area (Å²) in [6.45, 7) is 3.80. The molecule has 0 aliphatic heterocycles. The van der Waals surface area contributed by atoms with Crippen molar-refractivity contribution in [3.8, 4) is 16.3 Å². The summed E-state index contributed by atoms with van der Waals surface area (Å²) in [4.78, 5) is 12.4. The molecule has 0 aliphatic rings. The van der Waals surface area contributed by atoms with Crippen molar-refractivity contribution in [2.45, 2.75) is 26.4 Å². The minimum absolute atomic E-state index is 0.0482. The third-order valence-corrected chi connectivity index (χ3v) is 4.61. The molecule has 1 N–H and O–H groups in total. The van der Waals surface area contributed by atoms with Crippen LogP contribution in [0.2, 0.25) is 0 Å². The molecule has 3 rings (SSSR count). The van der Waals surface area contributed by atoms with Crippen LogP contribution in [0.3, 0.4) is 0 Å². The molecule has 7 heteroatoms. The van der Waals surface area contributed by atoms with Gasteiger partial charge in [-0.3, -0.25) is 10.1 Å². The Labute approximate surface area is 154 Å². The summed E-state index contributed by atoms with van der Waals surface area (Å²) < 4.78 is 19.2. The van der Waals surface area contributed by atoms with Crippen molar-refractivity contribution >= 4 is 22.4 Å². The zero-order chi connectivity index (χ0) is 18.5. The number of ether oxygens (including phenoxy) is 1. The molecule has 0 aliphatic carbocycles. The second kappa shape index (κ2) is 8.05. The molecule has 2 aromatic carbocycles. The van der Waals surface area contributed by atoms with Gasteiger partial charge in [0.25, 0.3) is 5.91 Å². The normalized spacial score (nSPS) is 11.8. The van der Waals surface area contributed by atoms with Gasteiger partial charge in [0, 0.05) is 5.56 Å². The number of aryl methyl sites for hydroxylation is 1. The van der Waals surface area contributed by atoms with Crippen molar-refractivity contribution < 1.29 is 13.9 Å². The smallest absolute Gasteiger partial charge is 0.267 e. The number of halogens is 1. The largest absolute Gasteiger partial charge is 0.478 e. The van der Waals surface area contributed by atoms with E-state index in [2.05, 4.69) is 15.5 Å². The Morgan fingerprint density at radius 3 is 2.62 bits per heavy atom. The molecule has 1 heterocycles. The number of benzene rings is 2. The van der Waals surface area contributed by atoms with E-state index < -0.39 is 11.9 Å². The highest BCUT2D eigenvalue weighted by atomic mass is 32.1. The molecule has 0 bridgehead atoms. The molecule has 0 saturated carbocycles. The van der Waals surface area contributed by atoms with E-state index >= 15 is 0 Å². The lowest BCUT2D eigenvalue weighted by Gasteiger charge is -2.16. The van der Waals surface area contributed by atoms with Gasteiger partial charge in [-0.25, -0.2) is 4.39 Å². The van der Waals surface area contributed by atoms with Crippen LogP contribution in [0.15, 0.2) is 48.5 Å². The first-order valence-corrected chi connectivity index (χ1v) is 9.01. The first-order valence-electron chi connectivity index (χ1n) is 8.19. The molecule has 0 spiro atoms. The van der Waals surface area contributed by atoms with Crippen molar-refractivity contribution in [1.29, 1.82) is 0 Å². The topological polar surface area (TPSA) is 64.1 Å². The van der Waals surface area contributed by atoms with Gasteiger partial charge in [0.2, 0.25) is 5.13 Å². The first-order chi connectivity index (χ1) is 12.6. The molecular formula is C19H18FN3O2S. The molecule has 3 aromatic rings. The summed E-state index contributed by atoms with van der Waals surface area (Å²) >= 11 is 1.27. The fourth-order valence-electron chi connectivity index (χ4n) is 2.29. The highest BCUT2D eigenvalue weighted by Crippen LogP contribution is 2.27. The van der Waals surface area contributed by atoms with Crippen molar-refractivity contribution in [2.24, 2.45) is 0 Å². The van der Waals surface area contributed by atoms with Crippen molar-refractivity contribution in [3.05, 3.63) is 59.9 Å². The van der Waals surface area contributed by atoms with E-state index in [0.29, 0.717) is 16.6 Å². The number of nitrogens with zero attached hydrogens (tertiary/aromatic N) is 2. The fourth-order valence-corrected chi connectivity index (χ4v) is 3.04. The predicted molar refractivity (Wildman–Crippen MR) is 99.8 cm³/mol. The zero-order valence-electron chi connectivity index (χ0n) is 14.4. The van der Waals surface area contributed by atoms with Crippen LogP contribution in [0, 0.1) is 12.7 Å². The van der Waals surface area contributed by atoms with Gasteiger partial charge in [0.1, 0.15) is 5.01 Å². The van der Waals surface area contributed by atoms with Gasteiger partial charge >= 0.3 is 0 Å². The number of hydrogen-bond donors (Lipinski definition) is 1. The minimum atomic E-state index is -0.821. The Balaban J connectivity index is 1.68. The van der Waals surface area contributed by atoms with E-state index in [1.54, 1.807) is 19.1 Å². The Morgan fingerprint density at radius 2 is 1.92 bits per heavy atom. The monoisotopic (exact) mass is 371 g/mol. The number of nitrogens with one attached hydrogen (secondary N) is 1. The van der Waals surface area contributed by atoms with E-state index in [-0.39, 0.29) is 11.7 Å². The molecule has 0 saturated heterocycles. The summed E-state index contributed by atoms with van der Waals surface area (Å²) in [5.41, 5.74) is 2.09. The molecule has 0 radical (unpaired) electrons. The number of carbonyl (C=O) groups is 1. The van der Waals surface area contributed by atoms with Crippen LogP contribution in [0.1, 0.15) is 18.9 Å². The highest BCUT2D eigenvalue weighted by Gasteiger charge is 2.21. The molecule has 0 unspecified atom stereocenters. The lowest BCUT2D eigenvalue weighted by Crippen LogP contribution is -2.32. The number of rotatable bonds is 6. The zero-order valence-corrected chi connectivity index (χ0v) is 15.2. The number of anilines is 1. The average molecular weight is 371 g/mol. The number of carbonyl (C=O) groups excluding carboxylic acids is 1. The summed E-state index contributed by atoms with van der Waals surface area (Å²) in [5.74, 6) is -0.842. The maximum atomic E-state index is 13.7. The molecule has 134 valence electrons. The van der Waals surface area contributed by atoms with Gasteiger partial charge in [-0.1, -0.05) is 60.2 Å². The van der Waals surface area contributed by atoms with Crippen molar-refractivity contribution in [2.75, 3.05) is 5.32 Å². The minimum Gasteiger partial charge on any atom is -0.478 e. The average Bonchev–Trinajstić information content (AvgIpc) is 3.10. The van der Waals surface area contributed by atoms with Crippen LogP contribution in [-0.2, 0) is 4.79 Å². The molecule has 1 atom stereocenters. The van der Waals surface area contributed by atoms with Crippen LogP contribution in [-0.4, -0.2) is 22.2 Å². The quantitative estimate of drug-likeness (QED) is 0.695. The van der Waals surface area contributed by atoms with Crippen LogP contribution >= 0.6 is 11.3 Å². The van der Waals surface area contributed by atoms with E-state index in [0.717, 1.165) is 11.1 Å². The summed E-state index contributed by atoms with van der Waals surface area (Å²) in [6.07, 6.45) is -0.428. The second-order valence-corrected chi connectivity index (χ2v) is 6.69. The fraction of sp³-hybridized carbons (Fsp3) is 0.211. The lowest BCUT2D eigenvalue weighted by atomic mass is 10.2. The number of amides is 1. The number of para-hydroxylation sites is 1. The maximum absolute atomic E-state index is 13.7. The first kappa shape index (κ1) is 18.0. The Hall–Kier alpha value is -2.80. The van der Waals surface area contributed by atoms with Crippen molar-refractivity contribution in [3.63, 3.8) is 0 Å².